The van der Waals surface area contributed by atoms with E-state index in [-0.39, 0.29) is 5.91 Å². The highest BCUT2D eigenvalue weighted by atomic mass is 32.1. The molecule has 176 valence electrons. The van der Waals surface area contributed by atoms with E-state index in [4.69, 9.17) is 17.0 Å². The van der Waals surface area contributed by atoms with Crippen molar-refractivity contribution in [3.8, 4) is 17.1 Å². The normalized spacial score (nSPS) is 14.6. The van der Waals surface area contributed by atoms with E-state index >= 15 is 0 Å². The van der Waals surface area contributed by atoms with Crippen molar-refractivity contribution in [1.82, 2.24) is 24.6 Å². The van der Waals surface area contributed by atoms with Crippen molar-refractivity contribution < 1.29 is 9.53 Å². The van der Waals surface area contributed by atoms with E-state index in [1.807, 2.05) is 27.7 Å². The van der Waals surface area contributed by atoms with Gasteiger partial charge in [-0.2, -0.15) is 5.10 Å². The van der Waals surface area contributed by atoms with Gasteiger partial charge in [0.05, 0.1) is 7.11 Å². The molecule has 1 amide bonds. The van der Waals surface area contributed by atoms with Crippen LogP contribution in [0.4, 0.5) is 0 Å². The minimum absolute atomic E-state index is 0.164. The standard InChI is InChI=1S/C26H29N5O2S/c1-17-4-3-5-19(14-17)25-28-29-26(34)31(25)13-10-24(32)30-11-8-18(9-12-30)22-16-27-23-7-6-20(33-2)15-21(22)23/h3-7,14-16,18,27H,8-13H2,1-2H3,(H,29,34). The van der Waals surface area contributed by atoms with Crippen LogP contribution in [0.25, 0.3) is 22.3 Å². The van der Waals surface area contributed by atoms with Crippen molar-refractivity contribution in [3.63, 3.8) is 0 Å². The van der Waals surface area contributed by atoms with Crippen molar-refractivity contribution in [2.45, 2.75) is 38.6 Å². The molecule has 2 aromatic heterocycles. The molecule has 1 aliphatic heterocycles. The van der Waals surface area contributed by atoms with Crippen LogP contribution in [0.1, 0.15) is 36.3 Å². The maximum absolute atomic E-state index is 13.0. The minimum Gasteiger partial charge on any atom is -0.497 e. The van der Waals surface area contributed by atoms with E-state index in [2.05, 4.69) is 52.6 Å². The molecule has 2 N–H and O–H groups in total. The first kappa shape index (κ1) is 22.4. The maximum atomic E-state index is 13.0. The summed E-state index contributed by atoms with van der Waals surface area (Å²) in [6.45, 7) is 4.10. The number of carbonyl (C=O) groups is 1. The fourth-order valence-electron chi connectivity index (χ4n) is 4.92. The highest BCUT2D eigenvalue weighted by Crippen LogP contribution is 2.34. The second-order valence-electron chi connectivity index (χ2n) is 8.93. The van der Waals surface area contributed by atoms with E-state index in [0.29, 0.717) is 23.7 Å². The molecule has 5 rings (SSSR count). The van der Waals surface area contributed by atoms with Crippen molar-refractivity contribution >= 4 is 29.0 Å². The molecule has 1 fully saturated rings. The second kappa shape index (κ2) is 9.46. The number of likely N-dealkylation sites (tertiary alicyclic amines) is 1. The molecule has 0 saturated carbocycles. The lowest BCUT2D eigenvalue weighted by atomic mass is 9.89. The lowest BCUT2D eigenvalue weighted by molar-refractivity contribution is -0.132. The Balaban J connectivity index is 1.22. The van der Waals surface area contributed by atoms with Crippen LogP contribution >= 0.6 is 12.2 Å². The number of nitrogens with one attached hydrogen (secondary N) is 2. The zero-order valence-electron chi connectivity index (χ0n) is 19.5. The van der Waals surface area contributed by atoms with E-state index in [9.17, 15) is 4.79 Å². The summed E-state index contributed by atoms with van der Waals surface area (Å²) in [5.74, 6) is 2.23. The molecule has 3 heterocycles. The summed E-state index contributed by atoms with van der Waals surface area (Å²) in [6.07, 6.45) is 4.42. The van der Waals surface area contributed by atoms with E-state index < -0.39 is 0 Å². The summed E-state index contributed by atoms with van der Waals surface area (Å²) < 4.78 is 7.87. The molecule has 0 atom stereocenters. The molecule has 1 saturated heterocycles. The van der Waals surface area contributed by atoms with Crippen LogP contribution in [0.5, 0.6) is 5.75 Å². The summed E-state index contributed by atoms with van der Waals surface area (Å²) in [7, 11) is 1.69. The predicted molar refractivity (Wildman–Crippen MR) is 136 cm³/mol. The summed E-state index contributed by atoms with van der Waals surface area (Å²) >= 11 is 5.44. The first-order valence-corrected chi connectivity index (χ1v) is 12.1. The number of H-pyrrole nitrogens is 2. The van der Waals surface area contributed by atoms with Gasteiger partial charge >= 0.3 is 0 Å². The molecule has 0 spiro atoms. The Labute approximate surface area is 203 Å². The molecule has 7 nitrogen and oxygen atoms in total. The van der Waals surface area contributed by atoms with Gasteiger partial charge in [-0.1, -0.05) is 23.8 Å². The Bertz CT molecular complexity index is 1380. The average molecular weight is 476 g/mol. The van der Waals surface area contributed by atoms with E-state index in [1.54, 1.807) is 7.11 Å². The van der Waals surface area contributed by atoms with Crippen LogP contribution in [-0.4, -0.2) is 50.8 Å². The number of rotatable bonds is 6. The minimum atomic E-state index is 0.164. The Morgan fingerprint density at radius 3 is 2.79 bits per heavy atom. The summed E-state index contributed by atoms with van der Waals surface area (Å²) in [5.41, 5.74) is 4.59. The van der Waals surface area contributed by atoms with Crippen molar-refractivity contribution in [2.75, 3.05) is 20.2 Å². The number of ether oxygens (including phenoxy) is 1. The molecule has 2 aromatic carbocycles. The van der Waals surface area contributed by atoms with Crippen molar-refractivity contribution in [3.05, 3.63) is 64.6 Å². The molecule has 8 heteroatoms. The quantitative estimate of drug-likeness (QED) is 0.376. The monoisotopic (exact) mass is 475 g/mol. The van der Waals surface area contributed by atoms with Gasteiger partial charge in [-0.25, -0.2) is 0 Å². The van der Waals surface area contributed by atoms with Gasteiger partial charge in [0.2, 0.25) is 5.91 Å². The zero-order chi connectivity index (χ0) is 23.7. The number of amides is 1. The molecule has 0 unspecified atom stereocenters. The fourth-order valence-corrected chi connectivity index (χ4v) is 5.14. The number of nitrogens with zero attached hydrogens (tertiary/aromatic N) is 3. The highest BCUT2D eigenvalue weighted by Gasteiger charge is 2.25. The SMILES string of the molecule is COc1ccc2[nH]cc(C3CCN(C(=O)CCn4c(-c5cccc(C)c5)n[nH]c4=S)CC3)c2c1. The first-order chi connectivity index (χ1) is 16.5. The number of carbonyl (C=O) groups excluding carboxylic acids is 1. The number of hydrogen-bond acceptors (Lipinski definition) is 4. The zero-order valence-corrected chi connectivity index (χ0v) is 20.3. The average Bonchev–Trinajstić information content (AvgIpc) is 3.45. The Morgan fingerprint density at radius 1 is 1.21 bits per heavy atom. The molecular formula is C26H29N5O2S. The number of aromatic amines is 2. The molecule has 34 heavy (non-hydrogen) atoms. The second-order valence-corrected chi connectivity index (χ2v) is 9.32. The van der Waals surface area contributed by atoms with Gasteiger partial charge in [0.25, 0.3) is 0 Å². The molecule has 0 radical (unpaired) electrons. The van der Waals surface area contributed by atoms with Crippen LogP contribution in [0.2, 0.25) is 0 Å². The Hall–Kier alpha value is -3.39. The largest absolute Gasteiger partial charge is 0.497 e. The van der Waals surface area contributed by atoms with Crippen LogP contribution in [-0.2, 0) is 11.3 Å². The number of aryl methyl sites for hydroxylation is 1. The third-order valence-electron chi connectivity index (χ3n) is 6.79. The van der Waals surface area contributed by atoms with Gasteiger partial charge in [0.1, 0.15) is 5.75 Å². The van der Waals surface area contributed by atoms with Crippen LogP contribution in [0.15, 0.2) is 48.7 Å². The predicted octanol–water partition coefficient (Wildman–Crippen LogP) is 5.20. The number of benzene rings is 2. The lowest BCUT2D eigenvalue weighted by Crippen LogP contribution is -2.38. The van der Waals surface area contributed by atoms with Gasteiger partial charge in [-0.3, -0.25) is 14.5 Å². The van der Waals surface area contributed by atoms with Crippen LogP contribution in [0.3, 0.4) is 0 Å². The van der Waals surface area contributed by atoms with Crippen LogP contribution < -0.4 is 4.74 Å². The summed E-state index contributed by atoms with van der Waals surface area (Å²) in [5, 5.41) is 8.49. The lowest BCUT2D eigenvalue weighted by Gasteiger charge is -2.32. The highest BCUT2D eigenvalue weighted by molar-refractivity contribution is 7.71. The smallest absolute Gasteiger partial charge is 0.224 e. The topological polar surface area (TPSA) is 78.9 Å². The molecule has 0 aliphatic carbocycles. The van der Waals surface area contributed by atoms with E-state index in [1.165, 1.54) is 10.9 Å². The molecule has 0 bridgehead atoms. The summed E-state index contributed by atoms with van der Waals surface area (Å²) in [6, 6.07) is 14.3. The van der Waals surface area contributed by atoms with Crippen molar-refractivity contribution in [2.24, 2.45) is 0 Å². The van der Waals surface area contributed by atoms with E-state index in [0.717, 1.165) is 54.1 Å². The van der Waals surface area contributed by atoms with Crippen LogP contribution in [0, 0.1) is 11.7 Å². The molecular weight excluding hydrogens is 446 g/mol. The molecule has 1 aliphatic rings. The number of hydrogen-bond donors (Lipinski definition) is 2. The first-order valence-electron chi connectivity index (χ1n) is 11.7. The third kappa shape index (κ3) is 4.37. The van der Waals surface area contributed by atoms with Gasteiger partial charge in [0, 0.05) is 48.7 Å². The number of methoxy groups -OCH3 is 1. The summed E-state index contributed by atoms with van der Waals surface area (Å²) in [4.78, 5) is 18.4. The van der Waals surface area contributed by atoms with Gasteiger partial charge in [-0.15, -0.1) is 0 Å². The number of fused-ring (bicyclic) bond motifs is 1. The van der Waals surface area contributed by atoms with Gasteiger partial charge < -0.3 is 14.6 Å². The third-order valence-corrected chi connectivity index (χ3v) is 7.10. The maximum Gasteiger partial charge on any atom is 0.224 e. The fraction of sp³-hybridized carbons (Fsp3) is 0.346. The molecule has 4 aromatic rings. The Kier molecular flexibility index (Phi) is 6.24. The van der Waals surface area contributed by atoms with Gasteiger partial charge in [0.15, 0.2) is 10.6 Å². The Morgan fingerprint density at radius 2 is 2.03 bits per heavy atom. The number of piperidine rings is 1. The number of aromatic nitrogens is 4. The van der Waals surface area contributed by atoms with Crippen molar-refractivity contribution in [1.29, 1.82) is 0 Å². The van der Waals surface area contributed by atoms with Gasteiger partial charge in [-0.05, 0) is 67.7 Å².